The Kier molecular flexibility index (Phi) is 4.17. The van der Waals surface area contributed by atoms with Crippen LogP contribution in [0.15, 0.2) is 24.3 Å². The number of ether oxygens (including phenoxy) is 1. The van der Waals surface area contributed by atoms with Crippen molar-refractivity contribution in [2.24, 2.45) is 0 Å². The Hall–Kier alpha value is -0.740. The summed E-state index contributed by atoms with van der Waals surface area (Å²) < 4.78 is 5.70. The molecule has 18 heavy (non-hydrogen) atoms. The molecule has 0 saturated carbocycles. The molecule has 0 radical (unpaired) electrons. The Labute approximate surface area is 122 Å². The molecule has 2 atom stereocenters. The highest BCUT2D eigenvalue weighted by molar-refractivity contribution is 8.93. The van der Waals surface area contributed by atoms with E-state index in [4.69, 9.17) is 21.7 Å². The van der Waals surface area contributed by atoms with E-state index in [1.165, 1.54) is 6.42 Å². The number of nitrogens with zero attached hydrogens (tertiary/aromatic N) is 1. The third kappa shape index (κ3) is 2.36. The number of nitrogens with one attached hydrogen (secondary N) is 1. The predicted molar refractivity (Wildman–Crippen MR) is 77.7 cm³/mol. The van der Waals surface area contributed by atoms with Crippen LogP contribution in [0.1, 0.15) is 30.9 Å². The first-order chi connectivity index (χ1) is 8.25. The molecule has 0 aliphatic carbocycles. The number of hydrogen-bond acceptors (Lipinski definition) is 2. The summed E-state index contributed by atoms with van der Waals surface area (Å²) in [6, 6.07) is 8.42. The van der Waals surface area contributed by atoms with Crippen LogP contribution in [0.5, 0.6) is 0 Å². The summed E-state index contributed by atoms with van der Waals surface area (Å²) in [6.45, 7) is 0.952. The minimum atomic E-state index is 0. The number of benzene rings is 1. The van der Waals surface area contributed by atoms with Crippen LogP contribution in [0.25, 0.3) is 0 Å². The molecule has 0 amide bonds. The van der Waals surface area contributed by atoms with Gasteiger partial charge in [-0.2, -0.15) is 0 Å². The first-order valence-electron chi connectivity index (χ1n) is 6.03. The summed E-state index contributed by atoms with van der Waals surface area (Å²) in [4.78, 5) is 2.09. The lowest BCUT2D eigenvalue weighted by Gasteiger charge is -2.29. The van der Waals surface area contributed by atoms with Crippen LogP contribution in [-0.4, -0.2) is 23.5 Å². The zero-order valence-electron chi connectivity index (χ0n) is 9.93. The average molecular weight is 332 g/mol. The molecule has 0 bridgehead atoms. The van der Waals surface area contributed by atoms with Crippen LogP contribution in [0.2, 0.25) is 5.02 Å². The van der Waals surface area contributed by atoms with Gasteiger partial charge in [-0.3, -0.25) is 5.41 Å². The van der Waals surface area contributed by atoms with Gasteiger partial charge in [0.1, 0.15) is 6.10 Å². The van der Waals surface area contributed by atoms with Crippen LogP contribution >= 0.6 is 28.6 Å². The van der Waals surface area contributed by atoms with Crippen LogP contribution in [0.3, 0.4) is 0 Å². The van der Waals surface area contributed by atoms with Crippen LogP contribution < -0.4 is 0 Å². The Morgan fingerprint density at radius 1 is 1.22 bits per heavy atom. The van der Waals surface area contributed by atoms with Crippen molar-refractivity contribution in [3.63, 3.8) is 0 Å². The van der Waals surface area contributed by atoms with Crippen molar-refractivity contribution < 1.29 is 4.74 Å². The SMILES string of the molecule is Br.N=C1OC(c2ccc(Cl)cc2)C2CCCCN12. The maximum Gasteiger partial charge on any atom is 0.285 e. The molecule has 2 aliphatic heterocycles. The number of fused-ring (bicyclic) bond motifs is 1. The maximum absolute atomic E-state index is 7.87. The molecule has 0 aromatic heterocycles. The van der Waals surface area contributed by atoms with E-state index in [0.29, 0.717) is 12.1 Å². The van der Waals surface area contributed by atoms with Crippen molar-refractivity contribution in [3.05, 3.63) is 34.9 Å². The van der Waals surface area contributed by atoms with Gasteiger partial charge in [0, 0.05) is 11.6 Å². The highest BCUT2D eigenvalue weighted by Crippen LogP contribution is 2.37. The van der Waals surface area contributed by atoms with Gasteiger partial charge >= 0.3 is 0 Å². The van der Waals surface area contributed by atoms with Gasteiger partial charge in [0.2, 0.25) is 0 Å². The Bertz CT molecular complexity index is 437. The summed E-state index contributed by atoms with van der Waals surface area (Å²) in [5.74, 6) is 0. The highest BCUT2D eigenvalue weighted by Gasteiger charge is 2.41. The van der Waals surface area contributed by atoms with Crippen molar-refractivity contribution in [2.45, 2.75) is 31.4 Å². The number of amidine groups is 1. The second-order valence-corrected chi connectivity index (χ2v) is 5.09. The van der Waals surface area contributed by atoms with Gasteiger partial charge in [-0.1, -0.05) is 23.7 Å². The second kappa shape index (κ2) is 5.49. The number of piperidine rings is 1. The minimum Gasteiger partial charge on any atom is -0.455 e. The van der Waals surface area contributed by atoms with Crippen molar-refractivity contribution in [2.75, 3.05) is 6.54 Å². The van der Waals surface area contributed by atoms with Gasteiger partial charge in [0.25, 0.3) is 6.02 Å². The smallest absolute Gasteiger partial charge is 0.285 e. The highest BCUT2D eigenvalue weighted by atomic mass is 79.9. The molecule has 1 N–H and O–H groups in total. The van der Waals surface area contributed by atoms with E-state index in [2.05, 4.69) is 4.90 Å². The fraction of sp³-hybridized carbons (Fsp3) is 0.462. The fourth-order valence-electron chi connectivity index (χ4n) is 2.73. The number of halogens is 2. The first kappa shape index (κ1) is 13.7. The molecular weight excluding hydrogens is 316 g/mol. The normalized spacial score (nSPS) is 26.3. The molecule has 2 fully saturated rings. The Morgan fingerprint density at radius 3 is 2.67 bits per heavy atom. The van der Waals surface area contributed by atoms with Gasteiger partial charge in [-0.15, -0.1) is 17.0 Å². The quantitative estimate of drug-likeness (QED) is 0.850. The van der Waals surface area contributed by atoms with Crippen LogP contribution in [0, 0.1) is 5.41 Å². The monoisotopic (exact) mass is 330 g/mol. The fourth-order valence-corrected chi connectivity index (χ4v) is 2.86. The van der Waals surface area contributed by atoms with E-state index >= 15 is 0 Å². The van der Waals surface area contributed by atoms with E-state index in [1.807, 2.05) is 24.3 Å². The molecule has 2 unspecified atom stereocenters. The molecule has 5 heteroatoms. The Balaban J connectivity index is 0.00000120. The van der Waals surface area contributed by atoms with Crippen molar-refractivity contribution in [3.8, 4) is 0 Å². The molecule has 2 saturated heterocycles. The van der Waals surface area contributed by atoms with Gasteiger partial charge in [-0.05, 0) is 37.0 Å². The summed E-state index contributed by atoms with van der Waals surface area (Å²) in [5.41, 5.74) is 1.12. The molecule has 2 heterocycles. The van der Waals surface area contributed by atoms with Crippen molar-refractivity contribution in [1.82, 2.24) is 4.90 Å². The molecule has 1 aromatic carbocycles. The standard InChI is InChI=1S/C13H15ClN2O.BrH/c14-10-6-4-9(5-7-10)12-11-3-1-2-8-16(11)13(15)17-12;/h4-7,11-12,15H,1-3,8H2;1H. The van der Waals surface area contributed by atoms with E-state index in [9.17, 15) is 0 Å². The Morgan fingerprint density at radius 2 is 1.94 bits per heavy atom. The maximum atomic E-state index is 7.87. The van der Waals surface area contributed by atoms with Gasteiger partial charge < -0.3 is 9.64 Å². The lowest BCUT2D eigenvalue weighted by Crippen LogP contribution is -2.38. The predicted octanol–water partition coefficient (Wildman–Crippen LogP) is 3.78. The van der Waals surface area contributed by atoms with Gasteiger partial charge in [-0.25, -0.2) is 0 Å². The van der Waals surface area contributed by atoms with Crippen molar-refractivity contribution >= 4 is 34.6 Å². The molecule has 3 rings (SSSR count). The zero-order chi connectivity index (χ0) is 11.8. The number of rotatable bonds is 1. The second-order valence-electron chi connectivity index (χ2n) is 4.65. The van der Waals surface area contributed by atoms with Crippen LogP contribution in [0.4, 0.5) is 0 Å². The molecule has 98 valence electrons. The summed E-state index contributed by atoms with van der Waals surface area (Å²) >= 11 is 5.89. The average Bonchev–Trinajstić information content (AvgIpc) is 2.69. The third-order valence-electron chi connectivity index (χ3n) is 3.60. The lowest BCUT2D eigenvalue weighted by atomic mass is 9.94. The zero-order valence-corrected chi connectivity index (χ0v) is 12.4. The van der Waals surface area contributed by atoms with Gasteiger partial charge in [0.05, 0.1) is 6.04 Å². The molecule has 1 aromatic rings. The molecule has 2 aliphatic rings. The van der Waals surface area contributed by atoms with E-state index in [-0.39, 0.29) is 23.1 Å². The van der Waals surface area contributed by atoms with E-state index in [1.54, 1.807) is 0 Å². The van der Waals surface area contributed by atoms with E-state index in [0.717, 1.165) is 30.0 Å². The van der Waals surface area contributed by atoms with Gasteiger partial charge in [0.15, 0.2) is 0 Å². The van der Waals surface area contributed by atoms with Crippen molar-refractivity contribution in [1.29, 1.82) is 5.41 Å². The van der Waals surface area contributed by atoms with E-state index < -0.39 is 0 Å². The topological polar surface area (TPSA) is 36.3 Å². The first-order valence-corrected chi connectivity index (χ1v) is 6.41. The summed E-state index contributed by atoms with van der Waals surface area (Å²) in [7, 11) is 0. The summed E-state index contributed by atoms with van der Waals surface area (Å²) in [6.07, 6.45) is 3.49. The largest absolute Gasteiger partial charge is 0.455 e. The molecule has 3 nitrogen and oxygen atoms in total. The molecule has 0 spiro atoms. The lowest BCUT2D eigenvalue weighted by molar-refractivity contribution is 0.167. The van der Waals surface area contributed by atoms with Crippen LogP contribution in [-0.2, 0) is 4.74 Å². The molecular formula is C13H16BrClN2O. The third-order valence-corrected chi connectivity index (χ3v) is 3.85. The minimum absolute atomic E-state index is 0. The number of hydrogen-bond donors (Lipinski definition) is 1. The summed E-state index contributed by atoms with van der Waals surface area (Å²) in [5, 5.41) is 8.61.